The minimum atomic E-state index is -3.38. The minimum absolute atomic E-state index is 0.0307. The maximum atomic E-state index is 11.9. The van der Waals surface area contributed by atoms with E-state index < -0.39 is 21.4 Å². The van der Waals surface area contributed by atoms with Crippen molar-refractivity contribution in [1.82, 2.24) is 14.5 Å². The van der Waals surface area contributed by atoms with Crippen molar-refractivity contribution in [3.05, 3.63) is 5.01 Å². The molecule has 0 unspecified atom stereocenters. The summed E-state index contributed by atoms with van der Waals surface area (Å²) in [4.78, 5) is 13.8. The number of hydrogen-bond acceptors (Lipinski definition) is 7. The number of nitrogens with zero attached hydrogens (tertiary/aromatic N) is 4. The van der Waals surface area contributed by atoms with E-state index >= 15 is 0 Å². The van der Waals surface area contributed by atoms with E-state index in [4.69, 9.17) is 0 Å². The molecule has 2 saturated heterocycles. The Morgan fingerprint density at radius 1 is 1.39 bits per heavy atom. The Balaban J connectivity index is 1.83. The summed E-state index contributed by atoms with van der Waals surface area (Å²) in [7, 11) is -3.38. The quantitative estimate of drug-likeness (QED) is 0.804. The first-order valence-corrected chi connectivity index (χ1v) is 10.2. The van der Waals surface area contributed by atoms with Crippen LogP contribution in [0.25, 0.3) is 0 Å². The van der Waals surface area contributed by atoms with Crippen LogP contribution in [0.15, 0.2) is 0 Å². The van der Waals surface area contributed by atoms with Gasteiger partial charge >= 0.3 is 5.97 Å². The van der Waals surface area contributed by atoms with Gasteiger partial charge in [-0.1, -0.05) is 18.3 Å². The molecule has 8 nitrogen and oxygen atoms in total. The Bertz CT molecular complexity index is 719. The van der Waals surface area contributed by atoms with Gasteiger partial charge in [-0.05, 0) is 6.42 Å². The number of aromatic nitrogens is 2. The zero-order chi connectivity index (χ0) is 16.8. The molecule has 0 saturated carbocycles. The van der Waals surface area contributed by atoms with Gasteiger partial charge in [0.25, 0.3) is 0 Å². The lowest BCUT2D eigenvalue weighted by atomic mass is 9.81. The molecule has 1 N–H and O–H groups in total. The fourth-order valence-electron chi connectivity index (χ4n) is 3.41. The highest BCUT2D eigenvalue weighted by Gasteiger charge is 2.59. The van der Waals surface area contributed by atoms with E-state index in [2.05, 4.69) is 17.1 Å². The predicted molar refractivity (Wildman–Crippen MR) is 86.1 cm³/mol. The summed E-state index contributed by atoms with van der Waals surface area (Å²) in [6.45, 7) is 3.13. The number of rotatable bonds is 5. The zero-order valence-corrected chi connectivity index (χ0v) is 14.7. The second kappa shape index (κ2) is 5.67. The minimum Gasteiger partial charge on any atom is -0.481 e. The summed E-state index contributed by atoms with van der Waals surface area (Å²) in [5.41, 5.74) is -1.06. The van der Waals surface area contributed by atoms with Crippen LogP contribution in [0, 0.1) is 11.3 Å². The molecule has 3 heterocycles. The molecule has 2 aliphatic heterocycles. The molecule has 1 aromatic heterocycles. The normalized spacial score (nSPS) is 28.3. The lowest BCUT2D eigenvalue weighted by molar-refractivity contribution is -0.148. The number of carboxylic acids is 1. The fraction of sp³-hybridized carbons (Fsp3) is 0.769. The van der Waals surface area contributed by atoms with Crippen molar-refractivity contribution < 1.29 is 18.3 Å². The highest BCUT2D eigenvalue weighted by Crippen LogP contribution is 2.45. The first-order chi connectivity index (χ1) is 10.8. The van der Waals surface area contributed by atoms with Crippen molar-refractivity contribution in [3.63, 3.8) is 0 Å². The summed E-state index contributed by atoms with van der Waals surface area (Å²) in [5, 5.41) is 19.7. The molecule has 0 spiro atoms. The van der Waals surface area contributed by atoms with Gasteiger partial charge in [0.2, 0.25) is 15.2 Å². The third-order valence-electron chi connectivity index (χ3n) is 4.66. The molecule has 0 aliphatic carbocycles. The Kier molecular flexibility index (Phi) is 4.09. The number of aliphatic carboxylic acids is 1. The van der Waals surface area contributed by atoms with Crippen LogP contribution < -0.4 is 4.90 Å². The van der Waals surface area contributed by atoms with Crippen molar-refractivity contribution in [2.45, 2.75) is 19.8 Å². The summed E-state index contributed by atoms with van der Waals surface area (Å²) in [6.07, 6.45) is 2.98. The Labute approximate surface area is 139 Å². The second-order valence-electron chi connectivity index (χ2n) is 6.32. The molecule has 1 aromatic rings. The maximum Gasteiger partial charge on any atom is 0.313 e. The SMILES string of the molecule is CCCc1nnc(N2C[C@H]3CN(S(C)(=O)=O)C[C@@]3(C(=O)O)C2)s1. The molecule has 23 heavy (non-hydrogen) atoms. The van der Waals surface area contributed by atoms with E-state index in [-0.39, 0.29) is 25.6 Å². The molecule has 0 amide bonds. The predicted octanol–water partition coefficient (Wildman–Crippen LogP) is 0.273. The van der Waals surface area contributed by atoms with Crippen molar-refractivity contribution >= 4 is 32.5 Å². The monoisotopic (exact) mass is 360 g/mol. The van der Waals surface area contributed by atoms with Gasteiger partial charge in [-0.15, -0.1) is 10.2 Å². The molecule has 0 radical (unpaired) electrons. The van der Waals surface area contributed by atoms with Gasteiger partial charge in [-0.3, -0.25) is 4.79 Å². The molecule has 128 valence electrons. The van der Waals surface area contributed by atoms with Crippen LogP contribution in [0.5, 0.6) is 0 Å². The topological polar surface area (TPSA) is 104 Å². The van der Waals surface area contributed by atoms with Crippen LogP contribution in [0.2, 0.25) is 0 Å². The number of carboxylic acid groups (broad SMARTS) is 1. The molecule has 2 atom stereocenters. The molecule has 2 aliphatic rings. The van der Waals surface area contributed by atoms with Crippen molar-refractivity contribution in [1.29, 1.82) is 0 Å². The maximum absolute atomic E-state index is 11.9. The van der Waals surface area contributed by atoms with Gasteiger partial charge < -0.3 is 10.0 Å². The first-order valence-electron chi connectivity index (χ1n) is 7.52. The second-order valence-corrected chi connectivity index (χ2v) is 9.35. The van der Waals surface area contributed by atoms with Crippen LogP contribution >= 0.6 is 11.3 Å². The lowest BCUT2D eigenvalue weighted by Crippen LogP contribution is -2.41. The van der Waals surface area contributed by atoms with Crippen LogP contribution in [0.1, 0.15) is 18.4 Å². The largest absolute Gasteiger partial charge is 0.481 e. The van der Waals surface area contributed by atoms with Gasteiger partial charge in [0.15, 0.2) is 0 Å². The third kappa shape index (κ3) is 2.83. The summed E-state index contributed by atoms with van der Waals surface area (Å²) < 4.78 is 24.8. The Morgan fingerprint density at radius 2 is 2.13 bits per heavy atom. The van der Waals surface area contributed by atoms with E-state index in [1.54, 1.807) is 0 Å². The van der Waals surface area contributed by atoms with Crippen molar-refractivity contribution in [2.75, 3.05) is 37.3 Å². The molecule has 3 rings (SSSR count). The fourth-order valence-corrected chi connectivity index (χ4v) is 5.27. The lowest BCUT2D eigenvalue weighted by Gasteiger charge is -2.24. The zero-order valence-electron chi connectivity index (χ0n) is 13.1. The third-order valence-corrected chi connectivity index (χ3v) is 6.92. The van der Waals surface area contributed by atoms with Crippen LogP contribution in [-0.4, -0.2) is 66.4 Å². The van der Waals surface area contributed by atoms with Crippen LogP contribution in [0.4, 0.5) is 5.13 Å². The van der Waals surface area contributed by atoms with Gasteiger partial charge in [-0.25, -0.2) is 12.7 Å². The molecular weight excluding hydrogens is 340 g/mol. The number of sulfonamides is 1. The number of hydrogen-bond donors (Lipinski definition) is 1. The average Bonchev–Trinajstić information content (AvgIpc) is 3.08. The number of aryl methyl sites for hydroxylation is 1. The molecule has 10 heteroatoms. The van der Waals surface area contributed by atoms with E-state index in [9.17, 15) is 18.3 Å². The molecule has 0 bridgehead atoms. The van der Waals surface area contributed by atoms with Gasteiger partial charge in [-0.2, -0.15) is 0 Å². The van der Waals surface area contributed by atoms with Gasteiger partial charge in [0, 0.05) is 38.5 Å². The van der Waals surface area contributed by atoms with E-state index in [0.717, 1.165) is 29.2 Å². The van der Waals surface area contributed by atoms with E-state index in [0.29, 0.717) is 6.54 Å². The van der Waals surface area contributed by atoms with Crippen LogP contribution in [0.3, 0.4) is 0 Å². The Morgan fingerprint density at radius 3 is 2.70 bits per heavy atom. The standard InChI is InChI=1S/C13H20N4O4S2/c1-3-4-10-14-15-12(22-10)16-5-9-6-17(23(2,20)21)8-13(9,7-16)11(18)19/h9H,3-8H2,1-2H3,(H,18,19)/t9-,13-/m0/s1. The molecule has 2 fully saturated rings. The van der Waals surface area contributed by atoms with Crippen molar-refractivity contribution in [2.24, 2.45) is 11.3 Å². The highest BCUT2D eigenvalue weighted by molar-refractivity contribution is 7.88. The van der Waals surface area contributed by atoms with Gasteiger partial charge in [0.05, 0.1) is 6.26 Å². The highest BCUT2D eigenvalue weighted by atomic mass is 32.2. The Hall–Kier alpha value is -1.26. The van der Waals surface area contributed by atoms with Gasteiger partial charge in [0.1, 0.15) is 10.4 Å². The van der Waals surface area contributed by atoms with Crippen LogP contribution in [-0.2, 0) is 21.2 Å². The average molecular weight is 360 g/mol. The number of fused-ring (bicyclic) bond motifs is 1. The molecular formula is C13H20N4O4S2. The van der Waals surface area contributed by atoms with E-state index in [1.165, 1.54) is 15.6 Å². The number of carbonyl (C=O) groups is 1. The summed E-state index contributed by atoms with van der Waals surface area (Å²) in [6, 6.07) is 0. The summed E-state index contributed by atoms with van der Waals surface area (Å²) in [5.74, 6) is -1.16. The summed E-state index contributed by atoms with van der Waals surface area (Å²) >= 11 is 1.49. The van der Waals surface area contributed by atoms with Crippen molar-refractivity contribution in [3.8, 4) is 0 Å². The smallest absolute Gasteiger partial charge is 0.313 e. The number of anilines is 1. The molecule has 0 aromatic carbocycles. The van der Waals surface area contributed by atoms with E-state index in [1.807, 2.05) is 4.90 Å². The first kappa shape index (κ1) is 16.6.